The smallest absolute Gasteiger partial charge is 0.291 e. The molecular formula is C26H30N4O3. The summed E-state index contributed by atoms with van der Waals surface area (Å²) in [5, 5.41) is 10.0. The molecule has 0 aliphatic rings. The molecule has 3 rings (SSSR count). The molecule has 0 saturated carbocycles. The Morgan fingerprint density at radius 2 is 1.73 bits per heavy atom. The zero-order chi connectivity index (χ0) is 24.1. The molecule has 0 saturated heterocycles. The van der Waals surface area contributed by atoms with Gasteiger partial charge in [-0.25, -0.2) is 4.68 Å². The summed E-state index contributed by atoms with van der Waals surface area (Å²) in [5.74, 6) is -0.946. The first-order chi connectivity index (χ1) is 15.7. The van der Waals surface area contributed by atoms with Gasteiger partial charge in [0.1, 0.15) is 12.2 Å². The van der Waals surface area contributed by atoms with Crippen molar-refractivity contribution in [1.82, 2.24) is 9.78 Å². The lowest BCUT2D eigenvalue weighted by Crippen LogP contribution is -2.33. The molecule has 33 heavy (non-hydrogen) atoms. The molecule has 2 aromatic carbocycles. The molecule has 2 amide bonds. The molecule has 1 heterocycles. The van der Waals surface area contributed by atoms with Crippen LogP contribution < -0.4 is 16.2 Å². The minimum atomic E-state index is -0.532. The van der Waals surface area contributed by atoms with Crippen LogP contribution in [0.15, 0.2) is 53.3 Å². The van der Waals surface area contributed by atoms with Gasteiger partial charge in [-0.05, 0) is 37.5 Å². The molecule has 172 valence electrons. The number of hydrogen-bond acceptors (Lipinski definition) is 4. The van der Waals surface area contributed by atoms with Crippen molar-refractivity contribution in [1.29, 1.82) is 0 Å². The van der Waals surface area contributed by atoms with Crippen molar-refractivity contribution in [3.63, 3.8) is 0 Å². The van der Waals surface area contributed by atoms with Gasteiger partial charge in [0.15, 0.2) is 0 Å². The minimum absolute atomic E-state index is 0.0946. The molecule has 0 atom stereocenters. The highest BCUT2D eigenvalue weighted by molar-refractivity contribution is 5.93. The van der Waals surface area contributed by atoms with Crippen LogP contribution in [-0.2, 0) is 22.6 Å². The maximum absolute atomic E-state index is 13.0. The molecule has 0 unspecified atom stereocenters. The maximum atomic E-state index is 13.0. The molecule has 0 spiro atoms. The van der Waals surface area contributed by atoms with E-state index in [4.69, 9.17) is 0 Å². The predicted octanol–water partition coefficient (Wildman–Crippen LogP) is 4.32. The van der Waals surface area contributed by atoms with Crippen LogP contribution >= 0.6 is 0 Å². The fourth-order valence-electron chi connectivity index (χ4n) is 3.40. The number of aryl methyl sites for hydroxylation is 3. The first-order valence-corrected chi connectivity index (χ1v) is 11.1. The van der Waals surface area contributed by atoms with Gasteiger partial charge in [0.2, 0.25) is 11.8 Å². The number of hydrogen-bond donors (Lipinski definition) is 2. The zero-order valence-electron chi connectivity index (χ0n) is 19.7. The van der Waals surface area contributed by atoms with Crippen molar-refractivity contribution in [3.8, 4) is 11.3 Å². The number of nitrogens with zero attached hydrogens (tertiary/aromatic N) is 2. The Balaban J connectivity index is 1.98. The van der Waals surface area contributed by atoms with Gasteiger partial charge in [0.05, 0.1) is 5.69 Å². The Kier molecular flexibility index (Phi) is 7.43. The highest BCUT2D eigenvalue weighted by Crippen LogP contribution is 2.22. The first kappa shape index (κ1) is 23.9. The van der Waals surface area contributed by atoms with Crippen molar-refractivity contribution in [2.75, 3.05) is 10.6 Å². The van der Waals surface area contributed by atoms with Crippen LogP contribution in [0.1, 0.15) is 37.5 Å². The number of carbonyl (C=O) groups is 2. The third kappa shape index (κ3) is 5.74. The SMILES string of the molecule is CCc1cccc(C)c1NC(=O)Cn1nc(-c2ccc(C)cc2)cc(NC(=O)C(C)C)c1=O. The van der Waals surface area contributed by atoms with Crippen LogP contribution in [0.2, 0.25) is 0 Å². The molecular weight excluding hydrogens is 416 g/mol. The lowest BCUT2D eigenvalue weighted by molar-refractivity contribution is -0.119. The summed E-state index contributed by atoms with van der Waals surface area (Å²) >= 11 is 0. The highest BCUT2D eigenvalue weighted by Gasteiger charge is 2.17. The number of para-hydroxylation sites is 1. The summed E-state index contributed by atoms with van der Waals surface area (Å²) in [6.45, 7) is 9.14. The predicted molar refractivity (Wildman–Crippen MR) is 131 cm³/mol. The maximum Gasteiger partial charge on any atom is 0.291 e. The molecule has 0 radical (unpaired) electrons. The quantitative estimate of drug-likeness (QED) is 0.565. The monoisotopic (exact) mass is 446 g/mol. The third-order valence-electron chi connectivity index (χ3n) is 5.40. The largest absolute Gasteiger partial charge is 0.324 e. The van der Waals surface area contributed by atoms with E-state index in [2.05, 4.69) is 15.7 Å². The lowest BCUT2D eigenvalue weighted by atomic mass is 10.1. The Morgan fingerprint density at radius 3 is 2.36 bits per heavy atom. The van der Waals surface area contributed by atoms with Gasteiger partial charge in [0, 0.05) is 17.2 Å². The van der Waals surface area contributed by atoms with Crippen LogP contribution in [0.5, 0.6) is 0 Å². The van der Waals surface area contributed by atoms with Gasteiger partial charge in [-0.3, -0.25) is 14.4 Å². The summed E-state index contributed by atoms with van der Waals surface area (Å²) < 4.78 is 1.10. The topological polar surface area (TPSA) is 93.1 Å². The van der Waals surface area contributed by atoms with Crippen molar-refractivity contribution in [2.45, 2.75) is 47.6 Å². The Morgan fingerprint density at radius 1 is 1.03 bits per heavy atom. The first-order valence-electron chi connectivity index (χ1n) is 11.1. The Labute approximate surface area is 193 Å². The summed E-state index contributed by atoms with van der Waals surface area (Å²) in [7, 11) is 0. The molecule has 3 aromatic rings. The third-order valence-corrected chi connectivity index (χ3v) is 5.40. The molecule has 7 heteroatoms. The van der Waals surface area contributed by atoms with Crippen molar-refractivity contribution < 1.29 is 9.59 Å². The fraction of sp³-hybridized carbons (Fsp3) is 0.308. The molecule has 0 aliphatic heterocycles. The number of aromatic nitrogens is 2. The van der Waals surface area contributed by atoms with Gasteiger partial charge < -0.3 is 10.6 Å². The number of anilines is 2. The van der Waals surface area contributed by atoms with E-state index >= 15 is 0 Å². The van der Waals surface area contributed by atoms with Crippen molar-refractivity contribution in [3.05, 3.63) is 75.6 Å². The van der Waals surface area contributed by atoms with E-state index in [0.29, 0.717) is 5.69 Å². The number of rotatable bonds is 7. The second-order valence-electron chi connectivity index (χ2n) is 8.43. The van der Waals surface area contributed by atoms with E-state index in [1.54, 1.807) is 19.9 Å². The van der Waals surface area contributed by atoms with Crippen LogP contribution in [0.3, 0.4) is 0 Å². The van der Waals surface area contributed by atoms with Gasteiger partial charge in [-0.2, -0.15) is 5.10 Å². The molecule has 0 fully saturated rings. The highest BCUT2D eigenvalue weighted by atomic mass is 16.2. The summed E-state index contributed by atoms with van der Waals surface area (Å²) in [6.07, 6.45) is 0.768. The van der Waals surface area contributed by atoms with Crippen LogP contribution in [0.25, 0.3) is 11.3 Å². The second kappa shape index (κ2) is 10.3. The lowest BCUT2D eigenvalue weighted by Gasteiger charge is -2.15. The average molecular weight is 447 g/mol. The van der Waals surface area contributed by atoms with Gasteiger partial charge in [-0.1, -0.05) is 68.8 Å². The number of nitrogens with one attached hydrogen (secondary N) is 2. The van der Waals surface area contributed by atoms with Crippen molar-refractivity contribution >= 4 is 23.2 Å². The Hall–Kier alpha value is -3.74. The molecule has 7 nitrogen and oxygen atoms in total. The van der Waals surface area contributed by atoms with Crippen molar-refractivity contribution in [2.24, 2.45) is 5.92 Å². The molecule has 0 aliphatic carbocycles. The molecule has 1 aromatic heterocycles. The molecule has 0 bridgehead atoms. The van der Waals surface area contributed by atoms with E-state index in [9.17, 15) is 14.4 Å². The zero-order valence-corrected chi connectivity index (χ0v) is 19.7. The number of benzene rings is 2. The fourth-order valence-corrected chi connectivity index (χ4v) is 3.40. The summed E-state index contributed by atoms with van der Waals surface area (Å²) in [5.41, 5.74) is 4.63. The Bertz CT molecular complexity index is 1230. The van der Waals surface area contributed by atoms with E-state index in [1.165, 1.54) is 0 Å². The standard InChI is InChI=1S/C26H30N4O3/c1-6-19-9-7-8-18(5)24(19)28-23(31)15-30-26(33)22(27-25(32)16(2)3)14-21(29-30)20-12-10-17(4)11-13-20/h7-14,16H,6,15H2,1-5H3,(H,27,32)(H,28,31). The van der Waals surface area contributed by atoms with E-state index < -0.39 is 5.56 Å². The number of amides is 2. The number of carbonyl (C=O) groups excluding carboxylic acids is 2. The average Bonchev–Trinajstić information content (AvgIpc) is 2.78. The normalized spacial score (nSPS) is 10.8. The molecule has 2 N–H and O–H groups in total. The summed E-state index contributed by atoms with van der Waals surface area (Å²) in [6, 6.07) is 15.1. The van der Waals surface area contributed by atoms with Gasteiger partial charge in [-0.15, -0.1) is 0 Å². The van der Waals surface area contributed by atoms with Crippen LogP contribution in [0, 0.1) is 19.8 Å². The van der Waals surface area contributed by atoms with E-state index in [1.807, 2.05) is 63.2 Å². The van der Waals surface area contributed by atoms with Crippen LogP contribution in [0.4, 0.5) is 11.4 Å². The van der Waals surface area contributed by atoms with Crippen LogP contribution in [-0.4, -0.2) is 21.6 Å². The van der Waals surface area contributed by atoms with E-state index in [0.717, 1.165) is 39.0 Å². The minimum Gasteiger partial charge on any atom is -0.324 e. The van der Waals surface area contributed by atoms with E-state index in [-0.39, 0.29) is 30.0 Å². The van der Waals surface area contributed by atoms with Gasteiger partial charge in [0.25, 0.3) is 5.56 Å². The van der Waals surface area contributed by atoms with Gasteiger partial charge >= 0.3 is 0 Å². The summed E-state index contributed by atoms with van der Waals surface area (Å²) in [4.78, 5) is 38.2. The second-order valence-corrected chi connectivity index (χ2v) is 8.43.